The molecule has 11 nitrogen and oxygen atoms in total. The molecule has 46 heavy (non-hydrogen) atoms. The van der Waals surface area contributed by atoms with E-state index in [1.807, 2.05) is 41.1 Å². The zero-order valence-corrected chi connectivity index (χ0v) is 27.2. The van der Waals surface area contributed by atoms with Crippen molar-refractivity contribution < 1.29 is 37.8 Å². The van der Waals surface area contributed by atoms with E-state index < -0.39 is 40.0 Å². The van der Waals surface area contributed by atoms with E-state index in [0.717, 1.165) is 43.7 Å². The number of piperidine rings is 1. The van der Waals surface area contributed by atoms with Crippen LogP contribution in [0.4, 0.5) is 5.69 Å². The van der Waals surface area contributed by atoms with Crippen molar-refractivity contribution in [3.8, 4) is 0 Å². The van der Waals surface area contributed by atoms with Gasteiger partial charge in [0.25, 0.3) is 0 Å². The molecule has 3 aromatic rings. The molecular formula is C34H43N3O8S. The summed E-state index contributed by atoms with van der Waals surface area (Å²) in [4.78, 5) is 36.5. The fourth-order valence-electron chi connectivity index (χ4n) is 5.32. The van der Waals surface area contributed by atoms with Gasteiger partial charge in [-0.15, -0.1) is 0 Å². The van der Waals surface area contributed by atoms with Crippen LogP contribution in [0.1, 0.15) is 37.3 Å². The molecule has 0 unspecified atom stereocenters. The highest BCUT2D eigenvalue weighted by atomic mass is 32.2. The third-order valence-electron chi connectivity index (χ3n) is 8.02. The van der Waals surface area contributed by atoms with Crippen molar-refractivity contribution in [1.29, 1.82) is 0 Å². The number of methoxy groups -OCH3 is 1. The first-order chi connectivity index (χ1) is 21.9. The van der Waals surface area contributed by atoms with E-state index in [9.17, 15) is 22.8 Å². The number of carboxylic acid groups (broad SMARTS) is 2. The van der Waals surface area contributed by atoms with Crippen LogP contribution in [0.3, 0.4) is 0 Å². The van der Waals surface area contributed by atoms with Crippen LogP contribution in [0.5, 0.6) is 0 Å². The van der Waals surface area contributed by atoms with Gasteiger partial charge in [-0.2, -0.15) is 4.72 Å². The van der Waals surface area contributed by atoms with E-state index in [4.69, 9.17) is 14.9 Å². The monoisotopic (exact) mass is 653 g/mol. The minimum absolute atomic E-state index is 0.0651. The lowest BCUT2D eigenvalue weighted by atomic mass is 9.78. The molecule has 1 heterocycles. The van der Waals surface area contributed by atoms with Crippen LogP contribution in [-0.4, -0.2) is 79.8 Å². The number of ether oxygens (including phenoxy) is 1. The number of nitrogens with zero attached hydrogens (tertiary/aromatic N) is 1. The molecule has 3 atom stereocenters. The number of benzene rings is 3. The molecule has 1 fully saturated rings. The Labute approximate surface area is 270 Å². The fraction of sp³-hybridized carbons (Fsp3) is 0.382. The third kappa shape index (κ3) is 10.4. The highest BCUT2D eigenvalue weighted by molar-refractivity contribution is 7.89. The third-order valence-corrected chi connectivity index (χ3v) is 9.51. The van der Waals surface area contributed by atoms with Crippen LogP contribution in [-0.2, 0) is 35.6 Å². The second-order valence-electron chi connectivity index (χ2n) is 11.4. The predicted molar refractivity (Wildman–Crippen MR) is 175 cm³/mol. The van der Waals surface area contributed by atoms with Crippen LogP contribution in [0.25, 0.3) is 0 Å². The predicted octanol–water partition coefficient (Wildman–Crippen LogP) is 4.19. The summed E-state index contributed by atoms with van der Waals surface area (Å²) in [5.74, 6) is -2.62. The Balaban J connectivity index is 0.000000260. The fourth-order valence-corrected chi connectivity index (χ4v) is 6.55. The normalized spacial score (nSPS) is 18.8. The van der Waals surface area contributed by atoms with Gasteiger partial charge in [0.15, 0.2) is 0 Å². The van der Waals surface area contributed by atoms with Crippen molar-refractivity contribution in [2.24, 2.45) is 5.92 Å². The van der Waals surface area contributed by atoms with Crippen molar-refractivity contribution in [2.45, 2.75) is 56.0 Å². The number of sulfonamides is 1. The van der Waals surface area contributed by atoms with Gasteiger partial charge < -0.3 is 25.2 Å². The van der Waals surface area contributed by atoms with Gasteiger partial charge in [0.05, 0.1) is 12.0 Å². The van der Waals surface area contributed by atoms with Gasteiger partial charge >= 0.3 is 17.9 Å². The Morgan fingerprint density at radius 1 is 0.978 bits per heavy atom. The van der Waals surface area contributed by atoms with E-state index in [1.54, 1.807) is 19.1 Å². The van der Waals surface area contributed by atoms with E-state index in [-0.39, 0.29) is 23.2 Å². The van der Waals surface area contributed by atoms with Gasteiger partial charge in [-0.25, -0.2) is 13.2 Å². The Bertz CT molecular complexity index is 1540. The van der Waals surface area contributed by atoms with Crippen molar-refractivity contribution in [2.75, 3.05) is 32.1 Å². The number of likely N-dealkylation sites (tertiary alicyclic amines) is 1. The molecule has 0 radical (unpaired) electrons. The first kappa shape index (κ1) is 36.2. The Morgan fingerprint density at radius 2 is 1.59 bits per heavy atom. The first-order valence-corrected chi connectivity index (χ1v) is 16.6. The first-order valence-electron chi connectivity index (χ1n) is 15.1. The molecule has 4 rings (SSSR count). The van der Waals surface area contributed by atoms with Crippen molar-refractivity contribution in [3.05, 3.63) is 96.1 Å². The van der Waals surface area contributed by atoms with Gasteiger partial charge in [-0.05, 0) is 56.0 Å². The molecule has 248 valence electrons. The molecule has 0 aliphatic carbocycles. The smallest absolute Gasteiger partial charge is 0.331 e. The van der Waals surface area contributed by atoms with Gasteiger partial charge in [0.1, 0.15) is 11.6 Å². The van der Waals surface area contributed by atoms with Crippen molar-refractivity contribution in [1.82, 2.24) is 9.62 Å². The van der Waals surface area contributed by atoms with Crippen LogP contribution in [0, 0.1) is 12.8 Å². The average Bonchev–Trinajstić information content (AvgIpc) is 3.04. The number of carbonyl (C=O) groups is 3. The molecule has 0 saturated carbocycles. The number of anilines is 1. The second kappa shape index (κ2) is 16.9. The number of nitrogens with one attached hydrogen (secondary N) is 2. The van der Waals surface area contributed by atoms with Gasteiger partial charge in [-0.3, -0.25) is 9.59 Å². The molecule has 3 aromatic carbocycles. The molecule has 1 saturated heterocycles. The van der Waals surface area contributed by atoms with E-state index in [1.165, 1.54) is 24.8 Å². The zero-order valence-electron chi connectivity index (χ0n) is 26.4. The maximum Gasteiger partial charge on any atom is 0.331 e. The van der Waals surface area contributed by atoms with Crippen LogP contribution in [0.2, 0.25) is 0 Å². The maximum atomic E-state index is 12.7. The number of aryl methyl sites for hydroxylation is 1. The summed E-state index contributed by atoms with van der Waals surface area (Å²) < 4.78 is 31.1. The number of carbonyl (C=O) groups excluding carboxylic acids is 1. The maximum absolute atomic E-state index is 12.7. The van der Waals surface area contributed by atoms with Crippen molar-refractivity contribution >= 4 is 33.6 Å². The number of hydrogen-bond donors (Lipinski definition) is 4. The van der Waals surface area contributed by atoms with Crippen molar-refractivity contribution in [3.63, 3.8) is 0 Å². The minimum Gasteiger partial charge on any atom is -0.481 e. The standard InChI is InChI=1S/C22H28N2O2.C12H15NO6S/c1-18-17-24(15-13-19-9-5-3-6-10-19)16-14-22(18,21(25)26-2)23-20-11-7-4-8-12-20;1-8-2-4-9(5-3-8)20(18,19)13-10(12(16)17)6-7-11(14)15/h3-12,18,23H,13-17H2,1-2H3;2-5,10,13H,6-7H2,1H3,(H,14,15)(H,16,17)/t18-,22-;10-/m00/s1. The molecule has 12 heteroatoms. The highest BCUT2D eigenvalue weighted by Crippen LogP contribution is 2.33. The van der Waals surface area contributed by atoms with Crippen LogP contribution >= 0.6 is 0 Å². The largest absolute Gasteiger partial charge is 0.481 e. The number of rotatable bonds is 13. The summed E-state index contributed by atoms with van der Waals surface area (Å²) >= 11 is 0. The lowest BCUT2D eigenvalue weighted by molar-refractivity contribution is -0.150. The van der Waals surface area contributed by atoms with E-state index in [2.05, 4.69) is 41.4 Å². The number of para-hydroxylation sites is 1. The molecule has 4 N–H and O–H groups in total. The van der Waals surface area contributed by atoms with Gasteiger partial charge in [0.2, 0.25) is 10.0 Å². The van der Waals surface area contributed by atoms with Gasteiger partial charge in [0, 0.05) is 37.7 Å². The second-order valence-corrected chi connectivity index (χ2v) is 13.1. The summed E-state index contributed by atoms with van der Waals surface area (Å²) in [5.41, 5.74) is 2.51. The zero-order chi connectivity index (χ0) is 33.7. The SMILES string of the molecule is COC(=O)[C@]1(Nc2ccccc2)CCN(CCc2ccccc2)C[C@@H]1C.Cc1ccc(S(=O)(=O)N[C@@H](CCC(=O)O)C(=O)O)cc1. The number of carboxylic acids is 2. The van der Waals surface area contributed by atoms with Crippen LogP contribution < -0.4 is 10.0 Å². The summed E-state index contributed by atoms with van der Waals surface area (Å²) in [6.07, 6.45) is 1.01. The molecular weight excluding hydrogens is 610 g/mol. The molecule has 0 bridgehead atoms. The molecule has 0 spiro atoms. The Morgan fingerprint density at radius 3 is 2.13 bits per heavy atom. The Kier molecular flexibility index (Phi) is 13.3. The lowest BCUT2D eigenvalue weighted by Gasteiger charge is -2.45. The molecule has 0 amide bonds. The Hall–Kier alpha value is -4.26. The highest BCUT2D eigenvalue weighted by Gasteiger charge is 2.47. The molecule has 1 aliphatic heterocycles. The quantitative estimate of drug-likeness (QED) is 0.197. The summed E-state index contributed by atoms with van der Waals surface area (Å²) in [7, 11) is -2.52. The number of aliphatic carboxylic acids is 2. The number of hydrogen-bond acceptors (Lipinski definition) is 8. The number of esters is 1. The summed E-state index contributed by atoms with van der Waals surface area (Å²) in [6, 6.07) is 24.9. The summed E-state index contributed by atoms with van der Waals surface area (Å²) in [6.45, 7) is 6.70. The van der Waals surface area contributed by atoms with Gasteiger partial charge in [-0.1, -0.05) is 73.2 Å². The minimum atomic E-state index is -3.99. The average molecular weight is 654 g/mol. The van der Waals surface area contributed by atoms with E-state index in [0.29, 0.717) is 0 Å². The molecule has 1 aliphatic rings. The topological polar surface area (TPSA) is 162 Å². The summed E-state index contributed by atoms with van der Waals surface area (Å²) in [5, 5.41) is 20.9. The molecule has 0 aromatic heterocycles. The van der Waals surface area contributed by atoms with E-state index >= 15 is 0 Å². The van der Waals surface area contributed by atoms with Crippen LogP contribution in [0.15, 0.2) is 89.8 Å². The lowest BCUT2D eigenvalue weighted by Crippen LogP contribution is -2.60.